The van der Waals surface area contributed by atoms with Crippen molar-refractivity contribution in [3.05, 3.63) is 94.8 Å². The van der Waals surface area contributed by atoms with Gasteiger partial charge in [-0.3, -0.25) is 9.59 Å². The van der Waals surface area contributed by atoms with E-state index in [-0.39, 0.29) is 30.4 Å². The molecular formula is C26H22F4N2O3. The number of anilines is 1. The molecule has 0 radical (unpaired) electrons. The Balaban J connectivity index is 1.57. The standard InChI is InChI=1S/C26H22F4N2O3/c1-2-22-25(34)32(14-16-6-8-20(27)9-7-16)15-18-13-21(10-11-23(18)35-22)31-24(33)17-4-3-5-19(12-17)26(28,29)30/h3-13,22H,2,14-15H2,1H3,(H,31,33)/t22-/m0/s1. The van der Waals surface area contributed by atoms with Crippen LogP contribution in [-0.4, -0.2) is 22.8 Å². The van der Waals surface area contributed by atoms with Gasteiger partial charge >= 0.3 is 6.18 Å². The molecule has 1 heterocycles. The first-order valence-corrected chi connectivity index (χ1v) is 11.0. The third-order valence-electron chi connectivity index (χ3n) is 5.65. The second-order valence-electron chi connectivity index (χ2n) is 8.19. The van der Waals surface area contributed by atoms with Crippen LogP contribution in [0.2, 0.25) is 0 Å². The van der Waals surface area contributed by atoms with E-state index in [1.807, 2.05) is 6.92 Å². The van der Waals surface area contributed by atoms with Gasteiger partial charge in [0.1, 0.15) is 11.6 Å². The second kappa shape index (κ2) is 9.77. The number of nitrogens with zero attached hydrogens (tertiary/aromatic N) is 1. The van der Waals surface area contributed by atoms with Crippen molar-refractivity contribution in [3.63, 3.8) is 0 Å². The van der Waals surface area contributed by atoms with Crippen molar-refractivity contribution in [1.82, 2.24) is 4.90 Å². The van der Waals surface area contributed by atoms with Crippen molar-refractivity contribution in [2.45, 2.75) is 38.7 Å². The Hall–Kier alpha value is -3.88. The number of alkyl halides is 3. The second-order valence-corrected chi connectivity index (χ2v) is 8.19. The third-order valence-corrected chi connectivity index (χ3v) is 5.65. The topological polar surface area (TPSA) is 58.6 Å². The molecule has 0 saturated carbocycles. The van der Waals surface area contributed by atoms with Crippen molar-refractivity contribution in [3.8, 4) is 5.75 Å². The maximum Gasteiger partial charge on any atom is 0.416 e. The summed E-state index contributed by atoms with van der Waals surface area (Å²) in [4.78, 5) is 27.2. The first-order valence-electron chi connectivity index (χ1n) is 11.0. The van der Waals surface area contributed by atoms with E-state index in [9.17, 15) is 27.2 Å². The number of fused-ring (bicyclic) bond motifs is 1. The van der Waals surface area contributed by atoms with Gasteiger partial charge in [0.15, 0.2) is 6.10 Å². The number of benzene rings is 3. The van der Waals surface area contributed by atoms with Gasteiger partial charge in [0.25, 0.3) is 11.8 Å². The highest BCUT2D eigenvalue weighted by Crippen LogP contribution is 2.32. The van der Waals surface area contributed by atoms with Gasteiger partial charge in [0.2, 0.25) is 0 Å². The van der Waals surface area contributed by atoms with E-state index in [0.29, 0.717) is 23.4 Å². The number of halogens is 4. The highest BCUT2D eigenvalue weighted by Gasteiger charge is 2.32. The third kappa shape index (κ3) is 5.62. The largest absolute Gasteiger partial charge is 0.480 e. The molecule has 1 aliphatic heterocycles. The summed E-state index contributed by atoms with van der Waals surface area (Å²) >= 11 is 0. The molecular weight excluding hydrogens is 464 g/mol. The normalized spacial score (nSPS) is 15.7. The maximum absolute atomic E-state index is 13.3. The maximum atomic E-state index is 13.3. The Morgan fingerprint density at radius 3 is 2.51 bits per heavy atom. The molecule has 1 atom stereocenters. The smallest absolute Gasteiger partial charge is 0.416 e. The van der Waals surface area contributed by atoms with Gasteiger partial charge in [0.05, 0.1) is 5.56 Å². The summed E-state index contributed by atoms with van der Waals surface area (Å²) in [6, 6.07) is 14.8. The molecule has 0 fully saturated rings. The molecule has 3 aromatic rings. The van der Waals surface area contributed by atoms with Gasteiger partial charge < -0.3 is 15.0 Å². The first kappa shape index (κ1) is 24.3. The zero-order valence-electron chi connectivity index (χ0n) is 18.7. The van der Waals surface area contributed by atoms with Crippen molar-refractivity contribution in [2.75, 3.05) is 5.32 Å². The molecule has 0 unspecified atom stereocenters. The van der Waals surface area contributed by atoms with E-state index in [2.05, 4.69) is 5.32 Å². The number of rotatable bonds is 5. The van der Waals surface area contributed by atoms with Crippen LogP contribution in [0.4, 0.5) is 23.2 Å². The lowest BCUT2D eigenvalue weighted by Gasteiger charge is -2.23. The molecule has 5 nitrogen and oxygen atoms in total. The zero-order valence-corrected chi connectivity index (χ0v) is 18.7. The van der Waals surface area contributed by atoms with Crippen molar-refractivity contribution >= 4 is 17.5 Å². The van der Waals surface area contributed by atoms with Crippen molar-refractivity contribution < 1.29 is 31.9 Å². The number of hydrogen-bond donors (Lipinski definition) is 1. The number of carbonyl (C=O) groups excluding carboxylic acids is 2. The van der Waals surface area contributed by atoms with Gasteiger partial charge in [-0.15, -0.1) is 0 Å². The van der Waals surface area contributed by atoms with E-state index in [0.717, 1.165) is 17.7 Å². The predicted octanol–water partition coefficient (Wildman–Crippen LogP) is 5.80. The Morgan fingerprint density at radius 1 is 1.09 bits per heavy atom. The molecule has 0 spiro atoms. The number of ether oxygens (including phenoxy) is 1. The van der Waals surface area contributed by atoms with E-state index >= 15 is 0 Å². The van der Waals surface area contributed by atoms with E-state index in [1.165, 1.54) is 24.3 Å². The molecule has 1 N–H and O–H groups in total. The van der Waals surface area contributed by atoms with Crippen LogP contribution in [0.25, 0.3) is 0 Å². The lowest BCUT2D eigenvalue weighted by atomic mass is 10.1. The molecule has 35 heavy (non-hydrogen) atoms. The molecule has 182 valence electrons. The van der Waals surface area contributed by atoms with Crippen LogP contribution in [0.5, 0.6) is 5.75 Å². The molecule has 2 amide bonds. The highest BCUT2D eigenvalue weighted by molar-refractivity contribution is 6.04. The fourth-order valence-corrected chi connectivity index (χ4v) is 3.83. The van der Waals surface area contributed by atoms with E-state index < -0.39 is 23.8 Å². The SMILES string of the molecule is CC[C@@H]1Oc2ccc(NC(=O)c3cccc(C(F)(F)F)c3)cc2CN(Cc2ccc(F)cc2)C1=O. The minimum atomic E-state index is -4.56. The monoisotopic (exact) mass is 486 g/mol. The number of amides is 2. The average molecular weight is 486 g/mol. The van der Waals surface area contributed by atoms with Crippen LogP contribution in [-0.2, 0) is 24.1 Å². The summed E-state index contributed by atoms with van der Waals surface area (Å²) in [6.45, 7) is 2.24. The lowest BCUT2D eigenvalue weighted by molar-refractivity contribution is -0.139. The van der Waals surface area contributed by atoms with Gasteiger partial charge in [-0.25, -0.2) is 4.39 Å². The number of carbonyl (C=O) groups is 2. The summed E-state index contributed by atoms with van der Waals surface area (Å²) in [5.74, 6) is -0.820. The van der Waals surface area contributed by atoms with Crippen LogP contribution in [0.1, 0.15) is 40.4 Å². The van der Waals surface area contributed by atoms with Crippen LogP contribution in [0.15, 0.2) is 66.7 Å². The molecule has 0 bridgehead atoms. The Morgan fingerprint density at radius 2 is 1.83 bits per heavy atom. The first-order chi connectivity index (χ1) is 16.6. The Labute approximate surface area is 199 Å². The van der Waals surface area contributed by atoms with Gasteiger partial charge in [-0.1, -0.05) is 25.1 Å². The van der Waals surface area contributed by atoms with Gasteiger partial charge in [-0.2, -0.15) is 13.2 Å². The quantitative estimate of drug-likeness (QED) is 0.464. The van der Waals surface area contributed by atoms with E-state index in [4.69, 9.17) is 4.74 Å². The lowest BCUT2D eigenvalue weighted by Crippen LogP contribution is -2.38. The number of hydrogen-bond acceptors (Lipinski definition) is 3. The molecule has 0 aliphatic carbocycles. The highest BCUT2D eigenvalue weighted by atomic mass is 19.4. The van der Waals surface area contributed by atoms with Gasteiger partial charge in [0, 0.05) is 29.9 Å². The van der Waals surface area contributed by atoms with Crippen LogP contribution < -0.4 is 10.1 Å². The Kier molecular flexibility index (Phi) is 6.77. The molecule has 9 heteroatoms. The van der Waals surface area contributed by atoms with Crippen molar-refractivity contribution in [2.24, 2.45) is 0 Å². The summed E-state index contributed by atoms with van der Waals surface area (Å²) in [6.07, 6.45) is -4.83. The summed E-state index contributed by atoms with van der Waals surface area (Å²) in [7, 11) is 0. The number of nitrogens with one attached hydrogen (secondary N) is 1. The van der Waals surface area contributed by atoms with Crippen molar-refractivity contribution in [1.29, 1.82) is 0 Å². The average Bonchev–Trinajstić information content (AvgIpc) is 2.96. The molecule has 1 aliphatic rings. The molecule has 4 rings (SSSR count). The van der Waals surface area contributed by atoms with Crippen LogP contribution in [0, 0.1) is 5.82 Å². The summed E-state index contributed by atoms with van der Waals surface area (Å²) in [5.41, 5.74) is 0.662. The van der Waals surface area contributed by atoms with Crippen LogP contribution in [0.3, 0.4) is 0 Å². The fraction of sp³-hybridized carbons (Fsp3) is 0.231. The fourth-order valence-electron chi connectivity index (χ4n) is 3.83. The predicted molar refractivity (Wildman–Crippen MR) is 121 cm³/mol. The zero-order chi connectivity index (χ0) is 25.2. The van der Waals surface area contributed by atoms with E-state index in [1.54, 1.807) is 35.2 Å². The summed E-state index contributed by atoms with van der Waals surface area (Å²) < 4.78 is 58.2. The molecule has 0 aromatic heterocycles. The van der Waals surface area contributed by atoms with Gasteiger partial charge in [-0.05, 0) is 60.5 Å². The van der Waals surface area contributed by atoms with Crippen LogP contribution >= 0.6 is 0 Å². The minimum Gasteiger partial charge on any atom is -0.480 e. The Bertz CT molecular complexity index is 1240. The minimum absolute atomic E-state index is 0.134. The molecule has 3 aromatic carbocycles. The summed E-state index contributed by atoms with van der Waals surface area (Å²) in [5, 5.41) is 2.61. The molecule has 0 saturated heterocycles.